The van der Waals surface area contributed by atoms with Crippen molar-refractivity contribution in [2.24, 2.45) is 28.0 Å². The van der Waals surface area contributed by atoms with Gasteiger partial charge in [0, 0.05) is 36.2 Å². The molecule has 1 aliphatic carbocycles. The number of ether oxygens (including phenoxy) is 1. The molecule has 0 saturated heterocycles. The molecule has 1 aromatic heterocycles. The number of carbonyl (C=O) groups is 2. The summed E-state index contributed by atoms with van der Waals surface area (Å²) in [7, 11) is 0. The van der Waals surface area contributed by atoms with Crippen LogP contribution in [0, 0.1) is 17.3 Å². The summed E-state index contributed by atoms with van der Waals surface area (Å²) in [6.07, 6.45) is -2.26. The van der Waals surface area contributed by atoms with E-state index in [1.807, 2.05) is 33.8 Å². The number of nitrogens with two attached hydrogens (primary N) is 1. The smallest absolute Gasteiger partial charge is 0.425 e. The molecule has 0 unspecified atom stereocenters. The molecule has 2 amide bonds. The number of fused-ring (bicyclic) bond motifs is 1. The van der Waals surface area contributed by atoms with Gasteiger partial charge in [0.2, 0.25) is 11.8 Å². The predicted octanol–water partition coefficient (Wildman–Crippen LogP) is 5.07. The van der Waals surface area contributed by atoms with E-state index in [9.17, 15) is 22.8 Å². The Balaban J connectivity index is 1.47. The van der Waals surface area contributed by atoms with E-state index in [-0.39, 0.29) is 35.9 Å². The van der Waals surface area contributed by atoms with Crippen molar-refractivity contribution in [2.75, 3.05) is 0 Å². The van der Waals surface area contributed by atoms with Crippen LogP contribution in [-0.4, -0.2) is 45.5 Å². The van der Waals surface area contributed by atoms with Crippen molar-refractivity contribution in [1.29, 1.82) is 0 Å². The molecule has 5 atom stereocenters. The molecular weight excluding hydrogens is 535 g/mol. The van der Waals surface area contributed by atoms with Crippen molar-refractivity contribution in [3.05, 3.63) is 59.9 Å². The lowest BCUT2D eigenvalue weighted by atomic mass is 9.86. The highest BCUT2D eigenvalue weighted by molar-refractivity contribution is 6.00. The number of aliphatic imine (C=N–C) groups is 1. The number of amides is 2. The fourth-order valence-corrected chi connectivity index (χ4v) is 6.64. The standard InChI is InChI=1S/C30H36F3N5O3/c1-5-29(6-2)15-22(39)38(27(34)37-29)25(17-10-9-13-35-16-17)23-24(28(23,3)4)26(40)36-19-14-21(30(31,32)33)41-20-12-8-7-11-18(19)20/h7-13,16,19,21,23-25H,5-6,14-15H2,1-4H3,(H2,34,37)(H,36,40)/t19-,21+,23-,24-,25+/m0/s1. The number of carbonyl (C=O) groups excluding carboxylic acids is 2. The van der Waals surface area contributed by atoms with Crippen LogP contribution in [0.15, 0.2) is 53.8 Å². The molecule has 1 saturated carbocycles. The summed E-state index contributed by atoms with van der Waals surface area (Å²) in [5, 5.41) is 2.89. The van der Waals surface area contributed by atoms with Crippen LogP contribution in [0.5, 0.6) is 5.75 Å². The van der Waals surface area contributed by atoms with Crippen molar-refractivity contribution in [2.45, 2.75) is 83.3 Å². The van der Waals surface area contributed by atoms with Crippen LogP contribution in [0.3, 0.4) is 0 Å². The predicted molar refractivity (Wildman–Crippen MR) is 147 cm³/mol. The molecule has 8 nitrogen and oxygen atoms in total. The van der Waals surface area contributed by atoms with Crippen LogP contribution in [0.2, 0.25) is 0 Å². The highest BCUT2D eigenvalue weighted by Gasteiger charge is 2.67. The van der Waals surface area contributed by atoms with Gasteiger partial charge in [-0.3, -0.25) is 19.5 Å². The molecule has 3 N–H and O–H groups in total. The number of guanidine groups is 1. The summed E-state index contributed by atoms with van der Waals surface area (Å²) >= 11 is 0. The second-order valence-electron chi connectivity index (χ2n) is 11.9. The van der Waals surface area contributed by atoms with Crippen LogP contribution in [0.25, 0.3) is 0 Å². The first-order valence-corrected chi connectivity index (χ1v) is 14.0. The maximum Gasteiger partial charge on any atom is 0.425 e. The zero-order valence-electron chi connectivity index (χ0n) is 23.6. The fraction of sp³-hybridized carbons (Fsp3) is 0.533. The molecule has 0 radical (unpaired) electrons. The van der Waals surface area contributed by atoms with Gasteiger partial charge in [0.25, 0.3) is 0 Å². The molecule has 41 heavy (non-hydrogen) atoms. The van der Waals surface area contributed by atoms with Crippen molar-refractivity contribution in [1.82, 2.24) is 15.2 Å². The summed E-state index contributed by atoms with van der Waals surface area (Å²) in [6.45, 7) is 7.80. The van der Waals surface area contributed by atoms with E-state index in [0.29, 0.717) is 24.0 Å². The SMILES string of the molecule is CCC1(CC)CC(=O)N([C@H](c2cccnc2)[C@@H]2[C@@H](C(=O)N[C@H]3C[C@H](C(F)(F)F)Oc4ccccc43)C2(C)C)C(N)=N1. The molecule has 5 rings (SSSR count). The first-order valence-electron chi connectivity index (χ1n) is 14.0. The molecule has 1 aromatic carbocycles. The summed E-state index contributed by atoms with van der Waals surface area (Å²) in [4.78, 5) is 38.0. The average molecular weight is 572 g/mol. The number of benzene rings is 1. The Morgan fingerprint density at radius 1 is 1.20 bits per heavy atom. The Morgan fingerprint density at radius 3 is 2.51 bits per heavy atom. The first kappa shape index (κ1) is 28.9. The van der Waals surface area contributed by atoms with Crippen LogP contribution >= 0.6 is 0 Å². The number of hydrogen-bond donors (Lipinski definition) is 2. The van der Waals surface area contributed by atoms with Crippen molar-refractivity contribution >= 4 is 17.8 Å². The third-order valence-electron chi connectivity index (χ3n) is 9.20. The maximum absolute atomic E-state index is 13.8. The summed E-state index contributed by atoms with van der Waals surface area (Å²) in [5.74, 6) is -1.34. The number of pyridine rings is 1. The van der Waals surface area contributed by atoms with E-state index in [2.05, 4.69) is 10.3 Å². The van der Waals surface area contributed by atoms with Crippen LogP contribution in [0.4, 0.5) is 13.2 Å². The second-order valence-corrected chi connectivity index (χ2v) is 11.9. The van der Waals surface area contributed by atoms with E-state index in [1.165, 1.54) is 11.0 Å². The molecule has 2 aliphatic heterocycles. The number of halogens is 3. The third-order valence-corrected chi connectivity index (χ3v) is 9.20. The van der Waals surface area contributed by atoms with Gasteiger partial charge in [0.1, 0.15) is 5.75 Å². The number of aromatic nitrogens is 1. The average Bonchev–Trinajstić information content (AvgIpc) is 3.51. The van der Waals surface area contributed by atoms with E-state index in [0.717, 1.165) is 0 Å². The largest absolute Gasteiger partial charge is 0.480 e. The molecule has 3 aliphatic rings. The zero-order valence-corrected chi connectivity index (χ0v) is 23.6. The Labute approximate surface area is 237 Å². The summed E-state index contributed by atoms with van der Waals surface area (Å²) in [6, 6.07) is 8.53. The topological polar surface area (TPSA) is 110 Å². The number of rotatable bonds is 7. The molecule has 1 fully saturated rings. The Kier molecular flexibility index (Phi) is 7.28. The number of alkyl halides is 3. The lowest BCUT2D eigenvalue weighted by molar-refractivity contribution is -0.201. The molecule has 0 spiro atoms. The summed E-state index contributed by atoms with van der Waals surface area (Å²) in [5.41, 5.74) is 6.53. The van der Waals surface area contributed by atoms with Gasteiger partial charge in [-0.15, -0.1) is 0 Å². The van der Waals surface area contributed by atoms with Crippen molar-refractivity contribution in [3.8, 4) is 5.75 Å². The number of para-hydroxylation sites is 1. The normalized spacial score (nSPS) is 27.2. The Bertz CT molecular complexity index is 1340. The highest BCUT2D eigenvalue weighted by atomic mass is 19.4. The Morgan fingerprint density at radius 2 is 1.90 bits per heavy atom. The van der Waals surface area contributed by atoms with Gasteiger partial charge in [-0.05, 0) is 36.0 Å². The Hall–Kier alpha value is -3.63. The zero-order chi connectivity index (χ0) is 29.7. The van der Waals surface area contributed by atoms with Gasteiger partial charge in [-0.1, -0.05) is 52.0 Å². The van der Waals surface area contributed by atoms with Gasteiger partial charge in [-0.2, -0.15) is 13.2 Å². The third kappa shape index (κ3) is 5.15. The minimum absolute atomic E-state index is 0.101. The summed E-state index contributed by atoms with van der Waals surface area (Å²) < 4.78 is 46.3. The van der Waals surface area contributed by atoms with E-state index in [1.54, 1.807) is 36.7 Å². The highest BCUT2D eigenvalue weighted by Crippen LogP contribution is 2.65. The molecular formula is C30H36F3N5O3. The van der Waals surface area contributed by atoms with Crippen LogP contribution in [-0.2, 0) is 9.59 Å². The van der Waals surface area contributed by atoms with Gasteiger partial charge >= 0.3 is 6.18 Å². The van der Waals surface area contributed by atoms with E-state index < -0.39 is 47.7 Å². The minimum atomic E-state index is -4.58. The van der Waals surface area contributed by atoms with Crippen molar-refractivity contribution < 1.29 is 27.5 Å². The molecule has 0 bridgehead atoms. The van der Waals surface area contributed by atoms with Gasteiger partial charge in [0.15, 0.2) is 12.1 Å². The lowest BCUT2D eigenvalue weighted by Crippen LogP contribution is -2.53. The second kappa shape index (κ2) is 10.3. The number of hydrogen-bond acceptors (Lipinski definition) is 6. The lowest BCUT2D eigenvalue weighted by Gasteiger charge is -2.40. The maximum atomic E-state index is 13.8. The number of nitrogens with zero attached hydrogens (tertiary/aromatic N) is 3. The minimum Gasteiger partial charge on any atom is -0.480 e. The molecule has 220 valence electrons. The van der Waals surface area contributed by atoms with Crippen LogP contribution in [0.1, 0.15) is 76.6 Å². The van der Waals surface area contributed by atoms with Gasteiger partial charge < -0.3 is 15.8 Å². The van der Waals surface area contributed by atoms with Crippen molar-refractivity contribution in [3.63, 3.8) is 0 Å². The molecule has 2 aromatic rings. The quantitative estimate of drug-likeness (QED) is 0.482. The van der Waals surface area contributed by atoms with E-state index in [4.69, 9.17) is 15.5 Å². The molecule has 3 heterocycles. The molecule has 11 heteroatoms. The van der Waals surface area contributed by atoms with Gasteiger partial charge in [0.05, 0.1) is 24.0 Å². The van der Waals surface area contributed by atoms with Crippen LogP contribution < -0.4 is 15.8 Å². The first-order chi connectivity index (χ1) is 19.3. The monoisotopic (exact) mass is 571 g/mol. The number of nitrogens with one attached hydrogen (secondary N) is 1. The fourth-order valence-electron chi connectivity index (χ4n) is 6.64. The van der Waals surface area contributed by atoms with E-state index >= 15 is 0 Å². The van der Waals surface area contributed by atoms with Gasteiger partial charge in [-0.25, -0.2) is 4.99 Å².